The highest BCUT2D eigenvalue weighted by Crippen LogP contribution is 2.08. The second kappa shape index (κ2) is 4.12. The van der Waals surface area contributed by atoms with Crippen molar-refractivity contribution in [2.75, 3.05) is 0 Å². The predicted molar refractivity (Wildman–Crippen MR) is 50.7 cm³/mol. The van der Waals surface area contributed by atoms with Gasteiger partial charge in [-0.2, -0.15) is 0 Å². The third-order valence-electron chi connectivity index (χ3n) is 1.75. The highest BCUT2D eigenvalue weighted by atomic mass is 16.1. The first-order valence-corrected chi connectivity index (χ1v) is 4.41. The highest BCUT2D eigenvalue weighted by molar-refractivity contribution is 5.75. The fraction of sp³-hybridized carbons (Fsp3) is 0.500. The second-order valence-electron chi connectivity index (χ2n) is 3.54. The lowest BCUT2D eigenvalue weighted by Crippen LogP contribution is -2.04. The van der Waals surface area contributed by atoms with Crippen LogP contribution < -0.4 is 0 Å². The van der Waals surface area contributed by atoms with Crippen LogP contribution in [0.15, 0.2) is 6.20 Å². The molecule has 0 atom stereocenters. The quantitative estimate of drug-likeness (QED) is 0.663. The van der Waals surface area contributed by atoms with Crippen molar-refractivity contribution in [1.29, 1.82) is 0 Å². The van der Waals surface area contributed by atoms with Crippen molar-refractivity contribution < 1.29 is 4.79 Å². The first-order valence-electron chi connectivity index (χ1n) is 4.41. The van der Waals surface area contributed by atoms with E-state index in [1.807, 2.05) is 6.92 Å². The average molecular weight is 178 g/mol. The Hall–Kier alpha value is -1.25. The number of aromatic nitrogens is 2. The van der Waals surface area contributed by atoms with Gasteiger partial charge in [0.05, 0.1) is 11.3 Å². The first-order chi connectivity index (χ1) is 6.13. The molecule has 70 valence electrons. The standard InChI is InChI=1S/C10H14N2O/c1-7(2)4-10-9(6-13)5-11-8(3)12-10/h5-7H,4H2,1-3H3. The maximum atomic E-state index is 10.6. The smallest absolute Gasteiger partial charge is 0.153 e. The molecular weight excluding hydrogens is 164 g/mol. The molecule has 1 aromatic rings. The van der Waals surface area contributed by atoms with E-state index in [1.165, 1.54) is 0 Å². The third kappa shape index (κ3) is 2.61. The van der Waals surface area contributed by atoms with Crippen LogP contribution in [0.1, 0.15) is 35.7 Å². The summed E-state index contributed by atoms with van der Waals surface area (Å²) in [5.41, 5.74) is 1.47. The lowest BCUT2D eigenvalue weighted by molar-refractivity contribution is 0.112. The van der Waals surface area contributed by atoms with E-state index in [4.69, 9.17) is 0 Å². The number of rotatable bonds is 3. The number of aldehydes is 1. The van der Waals surface area contributed by atoms with Crippen molar-refractivity contribution in [2.24, 2.45) is 5.92 Å². The van der Waals surface area contributed by atoms with Gasteiger partial charge in [0.1, 0.15) is 5.82 Å². The molecule has 3 heteroatoms. The van der Waals surface area contributed by atoms with Crippen molar-refractivity contribution in [3.63, 3.8) is 0 Å². The van der Waals surface area contributed by atoms with Gasteiger partial charge in [0.2, 0.25) is 0 Å². The van der Waals surface area contributed by atoms with Gasteiger partial charge in [-0.15, -0.1) is 0 Å². The van der Waals surface area contributed by atoms with Crippen LogP contribution in [0.25, 0.3) is 0 Å². The van der Waals surface area contributed by atoms with Gasteiger partial charge in [-0.3, -0.25) is 4.79 Å². The van der Waals surface area contributed by atoms with Crippen LogP contribution in [0.3, 0.4) is 0 Å². The fourth-order valence-electron chi connectivity index (χ4n) is 1.17. The molecular formula is C10H14N2O. The molecule has 3 nitrogen and oxygen atoms in total. The van der Waals surface area contributed by atoms with E-state index in [-0.39, 0.29) is 0 Å². The van der Waals surface area contributed by atoms with Gasteiger partial charge in [0, 0.05) is 6.20 Å². The van der Waals surface area contributed by atoms with Gasteiger partial charge in [-0.1, -0.05) is 13.8 Å². The van der Waals surface area contributed by atoms with Crippen LogP contribution in [0, 0.1) is 12.8 Å². The fourth-order valence-corrected chi connectivity index (χ4v) is 1.17. The van der Waals surface area contributed by atoms with Gasteiger partial charge < -0.3 is 0 Å². The zero-order valence-corrected chi connectivity index (χ0v) is 8.24. The molecule has 0 radical (unpaired) electrons. The summed E-state index contributed by atoms with van der Waals surface area (Å²) >= 11 is 0. The summed E-state index contributed by atoms with van der Waals surface area (Å²) in [6.07, 6.45) is 3.24. The SMILES string of the molecule is Cc1ncc(C=O)c(CC(C)C)n1. The molecule has 0 fully saturated rings. The highest BCUT2D eigenvalue weighted by Gasteiger charge is 2.06. The van der Waals surface area contributed by atoms with Crippen LogP contribution in [-0.4, -0.2) is 16.3 Å². The molecule has 0 saturated heterocycles. The van der Waals surface area contributed by atoms with E-state index >= 15 is 0 Å². The zero-order chi connectivity index (χ0) is 9.84. The Bertz CT molecular complexity index is 308. The van der Waals surface area contributed by atoms with Crippen LogP contribution in [0.4, 0.5) is 0 Å². The molecule has 13 heavy (non-hydrogen) atoms. The topological polar surface area (TPSA) is 42.9 Å². The Morgan fingerprint density at radius 3 is 2.77 bits per heavy atom. The van der Waals surface area contributed by atoms with E-state index in [0.29, 0.717) is 11.5 Å². The number of carbonyl (C=O) groups is 1. The summed E-state index contributed by atoms with van der Waals surface area (Å²) in [7, 11) is 0. The lowest BCUT2D eigenvalue weighted by Gasteiger charge is -2.06. The Labute approximate surface area is 78.2 Å². The first kappa shape index (κ1) is 9.84. The Morgan fingerprint density at radius 2 is 2.23 bits per heavy atom. The molecule has 0 aliphatic carbocycles. The van der Waals surface area contributed by atoms with Gasteiger partial charge in [0.25, 0.3) is 0 Å². The van der Waals surface area contributed by atoms with Crippen molar-refractivity contribution in [1.82, 2.24) is 9.97 Å². The number of hydrogen-bond donors (Lipinski definition) is 0. The van der Waals surface area contributed by atoms with E-state index in [9.17, 15) is 4.79 Å². The van der Waals surface area contributed by atoms with E-state index < -0.39 is 0 Å². The van der Waals surface area contributed by atoms with E-state index in [0.717, 1.165) is 24.2 Å². The summed E-state index contributed by atoms with van der Waals surface area (Å²) in [5.74, 6) is 1.23. The number of carbonyl (C=O) groups excluding carboxylic acids is 1. The van der Waals surface area contributed by atoms with Crippen molar-refractivity contribution in [2.45, 2.75) is 27.2 Å². The summed E-state index contributed by atoms with van der Waals surface area (Å²) < 4.78 is 0. The van der Waals surface area contributed by atoms with Crippen LogP contribution in [0.5, 0.6) is 0 Å². The Morgan fingerprint density at radius 1 is 1.54 bits per heavy atom. The molecule has 0 unspecified atom stereocenters. The molecule has 0 aromatic carbocycles. The normalized spacial score (nSPS) is 10.5. The average Bonchev–Trinajstić information content (AvgIpc) is 2.03. The number of hydrogen-bond acceptors (Lipinski definition) is 3. The number of nitrogens with zero attached hydrogens (tertiary/aromatic N) is 2. The summed E-state index contributed by atoms with van der Waals surface area (Å²) in [6, 6.07) is 0. The Kier molecular flexibility index (Phi) is 3.12. The van der Waals surface area contributed by atoms with E-state index in [1.54, 1.807) is 6.20 Å². The van der Waals surface area contributed by atoms with Gasteiger partial charge in [-0.25, -0.2) is 9.97 Å². The molecule has 0 aliphatic heterocycles. The molecule has 0 saturated carbocycles. The Balaban J connectivity index is 3.01. The van der Waals surface area contributed by atoms with Gasteiger partial charge in [-0.05, 0) is 19.3 Å². The zero-order valence-electron chi connectivity index (χ0n) is 8.24. The van der Waals surface area contributed by atoms with Crippen molar-refractivity contribution >= 4 is 6.29 Å². The third-order valence-corrected chi connectivity index (χ3v) is 1.75. The lowest BCUT2D eigenvalue weighted by atomic mass is 10.1. The largest absolute Gasteiger partial charge is 0.298 e. The van der Waals surface area contributed by atoms with Crippen molar-refractivity contribution in [3.05, 3.63) is 23.3 Å². The van der Waals surface area contributed by atoms with Gasteiger partial charge in [0.15, 0.2) is 6.29 Å². The molecule has 1 heterocycles. The molecule has 0 aliphatic rings. The molecule has 0 spiro atoms. The van der Waals surface area contributed by atoms with Crippen LogP contribution in [-0.2, 0) is 6.42 Å². The predicted octanol–water partition coefficient (Wildman–Crippen LogP) is 1.80. The molecule has 0 N–H and O–H groups in total. The van der Waals surface area contributed by atoms with Gasteiger partial charge >= 0.3 is 0 Å². The summed E-state index contributed by atoms with van der Waals surface area (Å²) in [6.45, 7) is 6.04. The molecule has 1 rings (SSSR count). The number of aryl methyl sites for hydroxylation is 1. The molecule has 0 amide bonds. The van der Waals surface area contributed by atoms with Crippen LogP contribution >= 0.6 is 0 Å². The monoisotopic (exact) mass is 178 g/mol. The second-order valence-corrected chi connectivity index (χ2v) is 3.54. The minimum atomic E-state index is 0.507. The minimum Gasteiger partial charge on any atom is -0.298 e. The van der Waals surface area contributed by atoms with Crippen LogP contribution in [0.2, 0.25) is 0 Å². The maximum absolute atomic E-state index is 10.6. The maximum Gasteiger partial charge on any atom is 0.153 e. The summed E-state index contributed by atoms with van der Waals surface area (Å²) in [5, 5.41) is 0. The molecule has 1 aromatic heterocycles. The molecule has 0 bridgehead atoms. The van der Waals surface area contributed by atoms with E-state index in [2.05, 4.69) is 23.8 Å². The summed E-state index contributed by atoms with van der Waals surface area (Å²) in [4.78, 5) is 18.9. The minimum absolute atomic E-state index is 0.507. The van der Waals surface area contributed by atoms with Crippen molar-refractivity contribution in [3.8, 4) is 0 Å².